The number of aryl methyl sites for hydroxylation is 2. The lowest BCUT2D eigenvalue weighted by Crippen LogP contribution is -2.37. The van der Waals surface area contributed by atoms with Crippen molar-refractivity contribution in [2.75, 3.05) is 0 Å². The molecule has 3 aromatic rings. The summed E-state index contributed by atoms with van der Waals surface area (Å²) < 4.78 is 2.68. The first-order valence-electron chi connectivity index (χ1n) is 8.74. The summed E-state index contributed by atoms with van der Waals surface area (Å²) in [5.41, 5.74) is 1.44. The number of rotatable bonds is 4. The average Bonchev–Trinajstić information content (AvgIpc) is 3.26. The molecule has 0 unspecified atom stereocenters. The Morgan fingerprint density at radius 2 is 2.16 bits per heavy atom. The van der Waals surface area contributed by atoms with E-state index >= 15 is 0 Å². The number of aromatic nitrogens is 4. The van der Waals surface area contributed by atoms with Gasteiger partial charge in [-0.05, 0) is 31.7 Å². The molecule has 0 aromatic carbocycles. The molecule has 0 bridgehead atoms. The molecule has 1 N–H and O–H groups in total. The maximum absolute atomic E-state index is 12.6. The minimum atomic E-state index is -0.322. The molecule has 3 aromatic heterocycles. The fraction of sp³-hybridized carbons (Fsp3) is 0.529. The lowest BCUT2D eigenvalue weighted by atomic mass is 10.1. The van der Waals surface area contributed by atoms with Crippen LogP contribution in [0.2, 0.25) is 0 Å². The third kappa shape index (κ3) is 2.74. The first kappa shape index (κ1) is 16.3. The summed E-state index contributed by atoms with van der Waals surface area (Å²) in [5.74, 6) is -0.154. The van der Waals surface area contributed by atoms with Crippen LogP contribution in [0, 0.1) is 6.92 Å². The van der Waals surface area contributed by atoms with E-state index in [0.29, 0.717) is 5.65 Å². The van der Waals surface area contributed by atoms with Gasteiger partial charge in [0.1, 0.15) is 17.7 Å². The molecule has 7 nitrogen and oxygen atoms in total. The number of carbonyl (C=O) groups is 1. The monoisotopic (exact) mass is 359 g/mol. The molecule has 4 rings (SSSR count). The highest BCUT2D eigenvalue weighted by molar-refractivity contribution is 7.18. The van der Waals surface area contributed by atoms with Crippen molar-refractivity contribution in [3.63, 3.8) is 0 Å². The van der Waals surface area contributed by atoms with Gasteiger partial charge in [0.2, 0.25) is 5.91 Å². The van der Waals surface area contributed by atoms with Gasteiger partial charge in [0.15, 0.2) is 5.65 Å². The van der Waals surface area contributed by atoms with E-state index in [2.05, 4.69) is 29.2 Å². The van der Waals surface area contributed by atoms with Gasteiger partial charge in [-0.25, -0.2) is 18.9 Å². The quantitative estimate of drug-likeness (QED) is 0.773. The van der Waals surface area contributed by atoms with Crippen molar-refractivity contribution in [3.05, 3.63) is 27.3 Å². The number of hydrogen-bond donors (Lipinski definition) is 1. The summed E-state index contributed by atoms with van der Waals surface area (Å²) in [4.78, 5) is 31.3. The summed E-state index contributed by atoms with van der Waals surface area (Å²) >= 11 is 1.61. The van der Waals surface area contributed by atoms with E-state index in [0.717, 1.165) is 42.3 Å². The van der Waals surface area contributed by atoms with Crippen LogP contribution < -0.4 is 11.0 Å². The van der Waals surface area contributed by atoms with E-state index < -0.39 is 0 Å². The van der Waals surface area contributed by atoms with Crippen molar-refractivity contribution in [2.45, 2.75) is 58.5 Å². The lowest BCUT2D eigenvalue weighted by Gasteiger charge is -2.10. The van der Waals surface area contributed by atoms with Gasteiger partial charge < -0.3 is 5.32 Å². The molecule has 0 atom stereocenters. The summed E-state index contributed by atoms with van der Waals surface area (Å²) in [7, 11) is 0. The van der Waals surface area contributed by atoms with Crippen LogP contribution in [0.25, 0.3) is 15.9 Å². The van der Waals surface area contributed by atoms with Crippen LogP contribution in [0.3, 0.4) is 0 Å². The second-order valence-electron chi connectivity index (χ2n) is 6.60. The van der Waals surface area contributed by atoms with Crippen molar-refractivity contribution in [2.24, 2.45) is 0 Å². The van der Waals surface area contributed by atoms with Gasteiger partial charge in [-0.2, -0.15) is 0 Å². The fourth-order valence-corrected chi connectivity index (χ4v) is 4.77. The van der Waals surface area contributed by atoms with Crippen molar-refractivity contribution in [1.29, 1.82) is 0 Å². The lowest BCUT2D eigenvalue weighted by molar-refractivity contribution is -0.122. The van der Waals surface area contributed by atoms with Gasteiger partial charge in [0.05, 0.1) is 5.39 Å². The molecule has 0 radical (unpaired) electrons. The summed E-state index contributed by atoms with van der Waals surface area (Å²) in [6.07, 6.45) is 6.71. The minimum Gasteiger partial charge on any atom is -0.352 e. The van der Waals surface area contributed by atoms with Gasteiger partial charge in [-0.15, -0.1) is 16.4 Å². The molecular weight excluding hydrogens is 338 g/mol. The van der Waals surface area contributed by atoms with Crippen LogP contribution in [-0.2, 0) is 17.8 Å². The number of amides is 1. The Morgan fingerprint density at radius 1 is 1.40 bits per heavy atom. The summed E-state index contributed by atoms with van der Waals surface area (Å²) in [5, 5.41) is 8.38. The van der Waals surface area contributed by atoms with Crippen LogP contribution in [0.5, 0.6) is 0 Å². The number of fused-ring (bicyclic) bond motifs is 3. The standard InChI is InChI=1S/C17H21N5O2S/c1-3-12-10(2)25-16-14(12)15-20-22(17(24)21(15)9-18-16)8-13(23)19-11-6-4-5-7-11/h9,11H,3-8H2,1-2H3,(H,19,23). The zero-order valence-corrected chi connectivity index (χ0v) is 15.2. The van der Waals surface area contributed by atoms with Gasteiger partial charge in [0.25, 0.3) is 0 Å². The van der Waals surface area contributed by atoms with E-state index in [-0.39, 0.29) is 24.2 Å². The highest BCUT2D eigenvalue weighted by atomic mass is 32.1. The van der Waals surface area contributed by atoms with Gasteiger partial charge in [-0.1, -0.05) is 19.8 Å². The van der Waals surface area contributed by atoms with Crippen LogP contribution in [-0.4, -0.2) is 31.1 Å². The zero-order valence-electron chi connectivity index (χ0n) is 14.4. The molecule has 1 saturated carbocycles. The smallest absolute Gasteiger partial charge is 0.352 e. The molecule has 1 aliphatic rings. The van der Waals surface area contributed by atoms with E-state index in [1.165, 1.54) is 25.9 Å². The molecule has 1 amide bonds. The molecule has 0 spiro atoms. The molecule has 0 saturated heterocycles. The topological polar surface area (TPSA) is 81.3 Å². The number of hydrogen-bond acceptors (Lipinski definition) is 5. The summed E-state index contributed by atoms with van der Waals surface area (Å²) in [6.45, 7) is 4.09. The van der Waals surface area contributed by atoms with Gasteiger partial charge >= 0.3 is 5.69 Å². The Morgan fingerprint density at radius 3 is 2.88 bits per heavy atom. The highest BCUT2D eigenvalue weighted by Crippen LogP contribution is 2.31. The number of nitrogens with zero attached hydrogens (tertiary/aromatic N) is 4. The van der Waals surface area contributed by atoms with Crippen molar-refractivity contribution in [1.82, 2.24) is 24.5 Å². The van der Waals surface area contributed by atoms with E-state index in [1.807, 2.05) is 0 Å². The van der Waals surface area contributed by atoms with Crippen molar-refractivity contribution >= 4 is 33.1 Å². The van der Waals surface area contributed by atoms with Crippen LogP contribution >= 0.6 is 11.3 Å². The molecule has 3 heterocycles. The Hall–Kier alpha value is -2.22. The molecule has 1 aliphatic carbocycles. The molecule has 132 valence electrons. The second-order valence-corrected chi connectivity index (χ2v) is 7.80. The largest absolute Gasteiger partial charge is 0.352 e. The van der Waals surface area contributed by atoms with Crippen molar-refractivity contribution < 1.29 is 4.79 Å². The van der Waals surface area contributed by atoms with E-state index in [1.54, 1.807) is 11.3 Å². The first-order chi connectivity index (χ1) is 12.1. The number of thiophene rings is 1. The SMILES string of the molecule is CCc1c(C)sc2ncn3c(=O)n(CC(=O)NC4CCCC4)nc3c12. The van der Waals surface area contributed by atoms with E-state index in [4.69, 9.17) is 0 Å². The Balaban J connectivity index is 1.72. The predicted molar refractivity (Wildman–Crippen MR) is 97.1 cm³/mol. The highest BCUT2D eigenvalue weighted by Gasteiger charge is 2.20. The molecule has 8 heteroatoms. The molecule has 0 aliphatic heterocycles. The molecular formula is C17H21N5O2S. The van der Waals surface area contributed by atoms with Crippen molar-refractivity contribution in [3.8, 4) is 0 Å². The van der Waals surface area contributed by atoms with E-state index in [9.17, 15) is 9.59 Å². The Bertz CT molecular complexity index is 1010. The minimum absolute atomic E-state index is 0.0525. The third-order valence-electron chi connectivity index (χ3n) is 4.94. The van der Waals surface area contributed by atoms with Gasteiger partial charge in [-0.3, -0.25) is 4.79 Å². The number of nitrogens with one attached hydrogen (secondary N) is 1. The van der Waals surface area contributed by atoms with Gasteiger partial charge in [0, 0.05) is 10.9 Å². The van der Waals surface area contributed by atoms with Crippen LogP contribution in [0.15, 0.2) is 11.1 Å². The normalized spacial score (nSPS) is 15.4. The molecule has 1 fully saturated rings. The third-order valence-corrected chi connectivity index (χ3v) is 6.00. The maximum Gasteiger partial charge on any atom is 0.352 e. The predicted octanol–water partition coefficient (Wildman–Crippen LogP) is 2.04. The summed E-state index contributed by atoms with van der Waals surface area (Å²) in [6, 6.07) is 0.236. The van der Waals surface area contributed by atoms with Crippen LogP contribution in [0.1, 0.15) is 43.0 Å². The maximum atomic E-state index is 12.6. The first-order valence-corrected chi connectivity index (χ1v) is 9.55. The fourth-order valence-electron chi connectivity index (χ4n) is 3.70. The Kier molecular flexibility index (Phi) is 4.07. The zero-order chi connectivity index (χ0) is 17.6. The average molecular weight is 359 g/mol. The van der Waals surface area contributed by atoms with Crippen LogP contribution in [0.4, 0.5) is 0 Å². The number of carbonyl (C=O) groups excluding carboxylic acids is 1. The Labute approximate surface area is 148 Å². The molecule has 25 heavy (non-hydrogen) atoms. The second kappa shape index (κ2) is 6.25.